The van der Waals surface area contributed by atoms with Gasteiger partial charge >= 0.3 is 0 Å². The summed E-state index contributed by atoms with van der Waals surface area (Å²) in [6.45, 7) is 4.47. The largest absolute Gasteiger partial charge is 0.387 e. The van der Waals surface area contributed by atoms with Crippen LogP contribution in [0.5, 0.6) is 0 Å². The molecule has 0 aliphatic carbocycles. The van der Waals surface area contributed by atoms with Crippen LogP contribution < -0.4 is 5.32 Å². The van der Waals surface area contributed by atoms with Crippen molar-refractivity contribution in [1.29, 1.82) is 0 Å². The highest BCUT2D eigenvalue weighted by Gasteiger charge is 2.16. The van der Waals surface area contributed by atoms with Crippen molar-refractivity contribution < 1.29 is 9.26 Å². The Kier molecular flexibility index (Phi) is 3.94. The maximum Gasteiger partial charge on any atom is 0.260 e. The molecule has 5 heteroatoms. The summed E-state index contributed by atoms with van der Waals surface area (Å²) in [6, 6.07) is 7.79. The Labute approximate surface area is 106 Å². The van der Waals surface area contributed by atoms with Gasteiger partial charge in [-0.15, -0.1) is 0 Å². The molecule has 2 aromatic rings. The molecule has 0 aliphatic rings. The van der Waals surface area contributed by atoms with E-state index in [-0.39, 0.29) is 6.10 Å². The van der Waals surface area contributed by atoms with Gasteiger partial charge in [-0.25, -0.2) is 0 Å². The number of rotatable bonds is 5. The van der Waals surface area contributed by atoms with Crippen LogP contribution in [-0.2, 0) is 4.74 Å². The molecule has 2 rings (SSSR count). The second-order valence-corrected chi connectivity index (χ2v) is 3.85. The zero-order valence-electron chi connectivity index (χ0n) is 10.8. The van der Waals surface area contributed by atoms with Gasteiger partial charge in [-0.1, -0.05) is 17.3 Å². The van der Waals surface area contributed by atoms with Gasteiger partial charge < -0.3 is 14.6 Å². The Bertz CT molecular complexity index is 510. The summed E-state index contributed by atoms with van der Waals surface area (Å²) in [4.78, 5) is 4.36. The average Bonchev–Trinajstić information content (AvgIpc) is 2.88. The van der Waals surface area contributed by atoms with Crippen molar-refractivity contribution in [3.8, 4) is 11.5 Å². The minimum atomic E-state index is -0.158. The molecule has 1 N–H and O–H groups in total. The van der Waals surface area contributed by atoms with Crippen LogP contribution in [-0.4, -0.2) is 23.8 Å². The van der Waals surface area contributed by atoms with Crippen LogP contribution in [0.15, 0.2) is 28.8 Å². The first-order valence-corrected chi connectivity index (χ1v) is 5.98. The first-order valence-electron chi connectivity index (χ1n) is 5.98. The van der Waals surface area contributed by atoms with Gasteiger partial charge in [0.25, 0.3) is 5.89 Å². The quantitative estimate of drug-likeness (QED) is 0.880. The van der Waals surface area contributed by atoms with Crippen molar-refractivity contribution in [2.45, 2.75) is 20.0 Å². The van der Waals surface area contributed by atoms with E-state index in [9.17, 15) is 0 Å². The van der Waals surface area contributed by atoms with Crippen molar-refractivity contribution in [1.82, 2.24) is 10.1 Å². The Morgan fingerprint density at radius 1 is 1.39 bits per heavy atom. The fourth-order valence-corrected chi connectivity index (χ4v) is 1.72. The van der Waals surface area contributed by atoms with E-state index in [1.807, 2.05) is 45.2 Å². The number of nitrogens with zero attached hydrogens (tertiary/aromatic N) is 2. The highest BCUT2D eigenvalue weighted by atomic mass is 16.5. The molecule has 1 unspecified atom stereocenters. The van der Waals surface area contributed by atoms with Crippen LogP contribution in [0.3, 0.4) is 0 Å². The van der Waals surface area contributed by atoms with E-state index >= 15 is 0 Å². The minimum Gasteiger partial charge on any atom is -0.387 e. The highest BCUT2D eigenvalue weighted by molar-refractivity contribution is 5.72. The molecule has 18 heavy (non-hydrogen) atoms. The molecule has 0 bridgehead atoms. The van der Waals surface area contributed by atoms with E-state index in [1.54, 1.807) is 0 Å². The van der Waals surface area contributed by atoms with Crippen LogP contribution in [0.25, 0.3) is 11.5 Å². The van der Waals surface area contributed by atoms with Gasteiger partial charge in [-0.05, 0) is 26.0 Å². The number of anilines is 1. The van der Waals surface area contributed by atoms with E-state index < -0.39 is 0 Å². The van der Waals surface area contributed by atoms with Crippen LogP contribution in [0.4, 0.5) is 5.69 Å². The lowest BCUT2D eigenvalue weighted by Crippen LogP contribution is -2.01. The Hall–Kier alpha value is -1.88. The number of nitrogens with one attached hydrogen (secondary N) is 1. The standard InChI is InChI=1S/C13H17N3O2/c1-4-17-9(2)12-15-13(18-16-12)10-7-5-6-8-11(10)14-3/h5-9,14H,4H2,1-3H3. The lowest BCUT2D eigenvalue weighted by Gasteiger charge is -2.05. The molecule has 0 radical (unpaired) electrons. The molecule has 1 atom stereocenters. The number of ether oxygens (including phenoxy) is 1. The van der Waals surface area contributed by atoms with Crippen molar-refractivity contribution in [3.05, 3.63) is 30.1 Å². The molecular weight excluding hydrogens is 230 g/mol. The molecule has 0 saturated carbocycles. The lowest BCUT2D eigenvalue weighted by molar-refractivity contribution is 0.0683. The second-order valence-electron chi connectivity index (χ2n) is 3.85. The van der Waals surface area contributed by atoms with Crippen molar-refractivity contribution in [3.63, 3.8) is 0 Å². The van der Waals surface area contributed by atoms with E-state index in [4.69, 9.17) is 9.26 Å². The third kappa shape index (κ3) is 2.51. The third-order valence-electron chi connectivity index (χ3n) is 2.65. The predicted octanol–water partition coefficient (Wildman–Crippen LogP) is 2.88. The molecular formula is C13H17N3O2. The highest BCUT2D eigenvalue weighted by Crippen LogP contribution is 2.27. The van der Waals surface area contributed by atoms with Crippen LogP contribution >= 0.6 is 0 Å². The molecule has 96 valence electrons. The van der Waals surface area contributed by atoms with Gasteiger partial charge in [0.1, 0.15) is 6.10 Å². The fourth-order valence-electron chi connectivity index (χ4n) is 1.72. The lowest BCUT2D eigenvalue weighted by atomic mass is 10.2. The summed E-state index contributed by atoms with van der Waals surface area (Å²) in [5.41, 5.74) is 1.85. The Balaban J connectivity index is 2.29. The van der Waals surface area contributed by atoms with Gasteiger partial charge in [0.15, 0.2) is 0 Å². The second kappa shape index (κ2) is 5.64. The summed E-state index contributed by atoms with van der Waals surface area (Å²) in [6.07, 6.45) is -0.158. The average molecular weight is 247 g/mol. The summed E-state index contributed by atoms with van der Waals surface area (Å²) >= 11 is 0. The first-order chi connectivity index (χ1) is 8.76. The maximum absolute atomic E-state index is 5.43. The van der Waals surface area contributed by atoms with E-state index in [0.29, 0.717) is 18.3 Å². The number of benzene rings is 1. The molecule has 0 spiro atoms. The number of hydrogen-bond donors (Lipinski definition) is 1. The molecule has 0 fully saturated rings. The van der Waals surface area contributed by atoms with E-state index in [2.05, 4.69) is 15.5 Å². The van der Waals surface area contributed by atoms with Crippen molar-refractivity contribution in [2.75, 3.05) is 19.0 Å². The minimum absolute atomic E-state index is 0.158. The van der Waals surface area contributed by atoms with Crippen LogP contribution in [0, 0.1) is 0 Å². The molecule has 0 aliphatic heterocycles. The molecule has 1 aromatic carbocycles. The van der Waals surface area contributed by atoms with Gasteiger partial charge in [-0.2, -0.15) is 4.98 Å². The van der Waals surface area contributed by atoms with Gasteiger partial charge in [0.05, 0.1) is 5.56 Å². The smallest absolute Gasteiger partial charge is 0.260 e. The predicted molar refractivity (Wildman–Crippen MR) is 69.3 cm³/mol. The molecule has 0 saturated heterocycles. The number of aromatic nitrogens is 2. The maximum atomic E-state index is 5.43. The molecule has 1 aromatic heterocycles. The summed E-state index contributed by atoms with van der Waals surface area (Å²) in [7, 11) is 1.86. The van der Waals surface area contributed by atoms with E-state index in [0.717, 1.165) is 11.3 Å². The molecule has 1 heterocycles. The monoisotopic (exact) mass is 247 g/mol. The van der Waals surface area contributed by atoms with E-state index in [1.165, 1.54) is 0 Å². The SMILES string of the molecule is CCOC(C)c1noc(-c2ccccc2NC)n1. The Morgan fingerprint density at radius 3 is 2.89 bits per heavy atom. The van der Waals surface area contributed by atoms with Crippen LogP contribution in [0.2, 0.25) is 0 Å². The molecule has 5 nitrogen and oxygen atoms in total. The van der Waals surface area contributed by atoms with Crippen LogP contribution in [0.1, 0.15) is 25.8 Å². The van der Waals surface area contributed by atoms with Gasteiger partial charge in [0.2, 0.25) is 5.82 Å². The summed E-state index contributed by atoms with van der Waals surface area (Å²) in [5, 5.41) is 7.05. The van der Waals surface area contributed by atoms with Gasteiger partial charge in [-0.3, -0.25) is 0 Å². The van der Waals surface area contributed by atoms with Gasteiger partial charge in [0, 0.05) is 19.3 Å². The first kappa shape index (κ1) is 12.6. The van der Waals surface area contributed by atoms with Crippen molar-refractivity contribution >= 4 is 5.69 Å². The van der Waals surface area contributed by atoms with Crippen molar-refractivity contribution in [2.24, 2.45) is 0 Å². The summed E-state index contributed by atoms with van der Waals surface area (Å²) in [5.74, 6) is 1.07. The third-order valence-corrected chi connectivity index (χ3v) is 2.65. The molecule has 0 amide bonds. The summed E-state index contributed by atoms with van der Waals surface area (Å²) < 4.78 is 10.7. The normalized spacial score (nSPS) is 12.4. The zero-order valence-corrected chi connectivity index (χ0v) is 10.8. The fraction of sp³-hybridized carbons (Fsp3) is 0.385. The topological polar surface area (TPSA) is 60.2 Å². The number of para-hydroxylation sites is 1. The zero-order chi connectivity index (χ0) is 13.0. The number of hydrogen-bond acceptors (Lipinski definition) is 5. The Morgan fingerprint density at radius 2 is 2.17 bits per heavy atom.